The fraction of sp³-hybridized carbons (Fsp3) is 0.200. The summed E-state index contributed by atoms with van der Waals surface area (Å²) in [6.45, 7) is -1.90. The number of halogens is 7. The highest BCUT2D eigenvalue weighted by molar-refractivity contribution is 6.30. The van der Waals surface area contributed by atoms with Crippen LogP contribution in [0.25, 0.3) is 0 Å². The number of amides is 1. The number of carbonyl (C=O) groups excluding carboxylic acids is 1. The third kappa shape index (κ3) is 5.25. The number of nitrogens with zero attached hydrogens (tertiary/aromatic N) is 1. The molecule has 0 aliphatic carbocycles. The number of nitrogens with one attached hydrogen (secondary N) is 1. The molecule has 0 spiro atoms. The van der Waals surface area contributed by atoms with Crippen molar-refractivity contribution in [3.8, 4) is 5.88 Å². The van der Waals surface area contributed by atoms with Gasteiger partial charge in [0.1, 0.15) is 5.56 Å². The van der Waals surface area contributed by atoms with E-state index in [0.29, 0.717) is 17.3 Å². The Hall–Kier alpha value is -2.49. The van der Waals surface area contributed by atoms with Gasteiger partial charge in [-0.3, -0.25) is 4.79 Å². The van der Waals surface area contributed by atoms with Crippen LogP contribution in [0.1, 0.15) is 15.9 Å². The molecule has 0 atom stereocenters. The normalized spacial score (nSPS) is 12.0. The molecule has 0 aliphatic rings. The molecular weight excluding hydrogens is 390 g/mol. The van der Waals surface area contributed by atoms with Crippen LogP contribution in [-0.4, -0.2) is 23.7 Å². The number of ether oxygens (including phenoxy) is 1. The highest BCUT2D eigenvalue weighted by Crippen LogP contribution is 2.36. The number of anilines is 1. The summed E-state index contributed by atoms with van der Waals surface area (Å²) >= 11 is 5.66. The summed E-state index contributed by atoms with van der Waals surface area (Å²) in [6, 6.07) is 5.82. The van der Waals surface area contributed by atoms with Crippen LogP contribution in [0.4, 0.5) is 32.0 Å². The third-order valence-electron chi connectivity index (χ3n) is 2.92. The zero-order valence-electron chi connectivity index (χ0n) is 12.6. The minimum Gasteiger partial charge on any atom is -0.467 e. The molecule has 140 valence electrons. The Labute approximate surface area is 147 Å². The van der Waals surface area contributed by atoms with Gasteiger partial charge in [0, 0.05) is 16.9 Å². The van der Waals surface area contributed by atoms with Crippen LogP contribution in [-0.2, 0) is 6.18 Å². The van der Waals surface area contributed by atoms with Gasteiger partial charge in [0.05, 0.1) is 5.56 Å². The first-order valence-electron chi connectivity index (χ1n) is 6.80. The fourth-order valence-corrected chi connectivity index (χ4v) is 2.01. The Morgan fingerprint density at radius 2 is 1.69 bits per heavy atom. The smallest absolute Gasteiger partial charge is 0.422 e. The van der Waals surface area contributed by atoms with Gasteiger partial charge < -0.3 is 10.1 Å². The molecule has 0 saturated carbocycles. The standard InChI is InChI=1S/C15H9ClF6N2O2/c16-8-1-3-9(4-2-8)24-12(25)11-10(15(20,21)22)5-6-23-13(11)26-7-14(17,18)19/h1-6H,7H2,(H,24,25). The van der Waals surface area contributed by atoms with E-state index in [0.717, 1.165) is 0 Å². The maximum Gasteiger partial charge on any atom is 0.422 e. The fourth-order valence-electron chi connectivity index (χ4n) is 1.88. The molecule has 0 aliphatic heterocycles. The van der Waals surface area contributed by atoms with Crippen molar-refractivity contribution in [2.75, 3.05) is 11.9 Å². The number of aromatic nitrogens is 1. The molecule has 2 aromatic rings. The minimum atomic E-state index is -5.01. The summed E-state index contributed by atoms with van der Waals surface area (Å²) < 4.78 is 80.7. The quantitative estimate of drug-likeness (QED) is 0.742. The van der Waals surface area contributed by atoms with Crippen molar-refractivity contribution in [3.05, 3.63) is 52.7 Å². The molecule has 1 N–H and O–H groups in total. The minimum absolute atomic E-state index is 0.0816. The van der Waals surface area contributed by atoms with Crippen molar-refractivity contribution in [2.45, 2.75) is 12.4 Å². The summed E-state index contributed by atoms with van der Waals surface area (Å²) in [5.74, 6) is -2.41. The van der Waals surface area contributed by atoms with Gasteiger partial charge in [-0.1, -0.05) is 11.6 Å². The zero-order chi connectivity index (χ0) is 19.5. The van der Waals surface area contributed by atoms with E-state index in [1.807, 2.05) is 0 Å². The highest BCUT2D eigenvalue weighted by Gasteiger charge is 2.38. The number of pyridine rings is 1. The average Bonchev–Trinajstić information content (AvgIpc) is 2.53. The first kappa shape index (κ1) is 19.8. The maximum atomic E-state index is 13.2. The van der Waals surface area contributed by atoms with E-state index in [9.17, 15) is 31.1 Å². The van der Waals surface area contributed by atoms with Gasteiger partial charge in [0.25, 0.3) is 5.91 Å². The van der Waals surface area contributed by atoms with Crippen molar-refractivity contribution in [1.29, 1.82) is 0 Å². The third-order valence-corrected chi connectivity index (χ3v) is 3.18. The molecule has 1 aromatic carbocycles. The Bertz CT molecular complexity index is 790. The van der Waals surface area contributed by atoms with Gasteiger partial charge in [-0.2, -0.15) is 26.3 Å². The first-order valence-corrected chi connectivity index (χ1v) is 7.18. The van der Waals surface area contributed by atoms with Crippen molar-refractivity contribution >= 4 is 23.2 Å². The molecule has 0 radical (unpaired) electrons. The number of hydrogen-bond acceptors (Lipinski definition) is 3. The lowest BCUT2D eigenvalue weighted by atomic mass is 10.1. The predicted molar refractivity (Wildman–Crippen MR) is 80.2 cm³/mol. The van der Waals surface area contributed by atoms with E-state index >= 15 is 0 Å². The van der Waals surface area contributed by atoms with Gasteiger partial charge in [0.2, 0.25) is 5.88 Å². The Kier molecular flexibility index (Phi) is 5.65. The SMILES string of the molecule is O=C(Nc1ccc(Cl)cc1)c1c(C(F)(F)F)ccnc1OCC(F)(F)F. The number of alkyl halides is 6. The molecule has 4 nitrogen and oxygen atoms in total. The van der Waals surface area contributed by atoms with Crippen molar-refractivity contribution in [3.63, 3.8) is 0 Å². The van der Waals surface area contributed by atoms with Gasteiger partial charge in [-0.25, -0.2) is 4.98 Å². The van der Waals surface area contributed by atoms with Crippen LogP contribution in [0, 0.1) is 0 Å². The molecule has 1 aromatic heterocycles. The van der Waals surface area contributed by atoms with Crippen LogP contribution in [0.5, 0.6) is 5.88 Å². The molecule has 1 amide bonds. The molecule has 0 fully saturated rings. The lowest BCUT2D eigenvalue weighted by Crippen LogP contribution is -2.24. The molecule has 2 rings (SSSR count). The Morgan fingerprint density at radius 1 is 1.08 bits per heavy atom. The molecule has 26 heavy (non-hydrogen) atoms. The van der Waals surface area contributed by atoms with E-state index in [-0.39, 0.29) is 5.69 Å². The summed E-state index contributed by atoms with van der Waals surface area (Å²) in [5, 5.41) is 2.45. The lowest BCUT2D eigenvalue weighted by molar-refractivity contribution is -0.154. The Balaban J connectivity index is 2.41. The number of hydrogen-bond donors (Lipinski definition) is 1. The van der Waals surface area contributed by atoms with E-state index in [1.54, 1.807) is 0 Å². The van der Waals surface area contributed by atoms with Crippen molar-refractivity contribution in [1.82, 2.24) is 4.98 Å². The molecular formula is C15H9ClF6N2O2. The van der Waals surface area contributed by atoms with Crippen LogP contribution >= 0.6 is 11.6 Å². The number of benzene rings is 1. The average molecular weight is 399 g/mol. The van der Waals surface area contributed by atoms with E-state index in [2.05, 4.69) is 15.0 Å². The van der Waals surface area contributed by atoms with E-state index < -0.39 is 41.9 Å². The number of rotatable bonds is 4. The van der Waals surface area contributed by atoms with E-state index in [4.69, 9.17) is 11.6 Å². The Morgan fingerprint density at radius 3 is 2.23 bits per heavy atom. The van der Waals surface area contributed by atoms with Gasteiger partial charge in [-0.15, -0.1) is 0 Å². The van der Waals surface area contributed by atoms with Crippen molar-refractivity contribution < 1.29 is 35.9 Å². The van der Waals surface area contributed by atoms with Gasteiger partial charge in [0.15, 0.2) is 6.61 Å². The predicted octanol–water partition coefficient (Wildman–Crippen LogP) is 4.95. The molecule has 0 saturated heterocycles. The van der Waals surface area contributed by atoms with E-state index in [1.165, 1.54) is 24.3 Å². The zero-order valence-corrected chi connectivity index (χ0v) is 13.3. The van der Waals surface area contributed by atoms with Gasteiger partial charge >= 0.3 is 12.4 Å². The second-order valence-corrected chi connectivity index (χ2v) is 5.34. The highest BCUT2D eigenvalue weighted by atomic mass is 35.5. The topological polar surface area (TPSA) is 51.2 Å². The van der Waals surface area contributed by atoms with Crippen LogP contribution in [0.3, 0.4) is 0 Å². The van der Waals surface area contributed by atoms with Crippen LogP contribution < -0.4 is 10.1 Å². The molecule has 0 bridgehead atoms. The summed E-state index contributed by atoms with van der Waals surface area (Å²) in [5.41, 5.74) is -2.55. The number of carbonyl (C=O) groups is 1. The van der Waals surface area contributed by atoms with Crippen LogP contribution in [0.2, 0.25) is 5.02 Å². The molecule has 1 heterocycles. The summed E-state index contributed by atoms with van der Waals surface area (Å²) in [4.78, 5) is 15.6. The lowest BCUT2D eigenvalue weighted by Gasteiger charge is -2.17. The summed E-state index contributed by atoms with van der Waals surface area (Å²) in [6.07, 6.45) is -9.22. The van der Waals surface area contributed by atoms with Crippen LogP contribution in [0.15, 0.2) is 36.5 Å². The van der Waals surface area contributed by atoms with Gasteiger partial charge in [-0.05, 0) is 30.3 Å². The summed E-state index contributed by atoms with van der Waals surface area (Å²) in [7, 11) is 0. The first-order chi connectivity index (χ1) is 12.0. The second-order valence-electron chi connectivity index (χ2n) is 4.90. The molecule has 11 heteroatoms. The monoisotopic (exact) mass is 398 g/mol. The maximum absolute atomic E-state index is 13.2. The largest absolute Gasteiger partial charge is 0.467 e. The second kappa shape index (κ2) is 7.40. The van der Waals surface area contributed by atoms with Crippen molar-refractivity contribution in [2.24, 2.45) is 0 Å². The molecule has 0 unspecified atom stereocenters.